The zero-order valence-corrected chi connectivity index (χ0v) is 14.6. The minimum Gasteiger partial charge on any atom is -0.444 e. The fourth-order valence-electron chi connectivity index (χ4n) is 2.44. The number of piperidine rings is 1. The highest BCUT2D eigenvalue weighted by atomic mass is 16.6. The van der Waals surface area contributed by atoms with E-state index in [1.807, 2.05) is 0 Å². The zero-order valence-electron chi connectivity index (χ0n) is 14.6. The molecule has 1 fully saturated rings. The Kier molecular flexibility index (Phi) is 7.32. The molecule has 0 saturated carbocycles. The standard InChI is InChI=1S/C16H29N3O4/c1-5-12-7-6-8-19(11-12)14(21)10-17-13(20)9-18-15(22)23-16(2,3)4/h12H,5-11H2,1-4H3,(H,17,20)(H,18,22)/t12-/m1/s1. The highest BCUT2D eigenvalue weighted by molar-refractivity contribution is 5.87. The summed E-state index contributed by atoms with van der Waals surface area (Å²) in [6.07, 6.45) is 2.58. The van der Waals surface area contributed by atoms with E-state index in [0.717, 1.165) is 32.4 Å². The van der Waals surface area contributed by atoms with Crippen molar-refractivity contribution in [3.63, 3.8) is 0 Å². The Bertz CT molecular complexity index is 432. The molecule has 7 heteroatoms. The van der Waals surface area contributed by atoms with Gasteiger partial charge in [-0.15, -0.1) is 0 Å². The maximum Gasteiger partial charge on any atom is 0.408 e. The third-order valence-corrected chi connectivity index (χ3v) is 3.68. The normalized spacial score (nSPS) is 18.3. The molecule has 3 amide bonds. The number of hydrogen-bond acceptors (Lipinski definition) is 4. The van der Waals surface area contributed by atoms with Crippen LogP contribution in [0, 0.1) is 5.92 Å². The molecule has 0 aromatic carbocycles. The van der Waals surface area contributed by atoms with E-state index >= 15 is 0 Å². The van der Waals surface area contributed by atoms with Crippen molar-refractivity contribution in [2.75, 3.05) is 26.2 Å². The van der Waals surface area contributed by atoms with Gasteiger partial charge < -0.3 is 20.3 Å². The summed E-state index contributed by atoms with van der Waals surface area (Å²) >= 11 is 0. The van der Waals surface area contributed by atoms with E-state index < -0.39 is 17.6 Å². The number of likely N-dealkylation sites (tertiary alicyclic amines) is 1. The third kappa shape index (κ3) is 7.85. The number of amides is 3. The van der Waals surface area contributed by atoms with Gasteiger partial charge in [-0.1, -0.05) is 13.3 Å². The van der Waals surface area contributed by atoms with E-state index in [1.165, 1.54) is 0 Å². The number of alkyl carbamates (subject to hydrolysis) is 1. The van der Waals surface area contributed by atoms with Gasteiger partial charge in [-0.3, -0.25) is 9.59 Å². The summed E-state index contributed by atoms with van der Waals surface area (Å²) in [6, 6.07) is 0. The van der Waals surface area contributed by atoms with Crippen molar-refractivity contribution in [2.24, 2.45) is 5.92 Å². The fraction of sp³-hybridized carbons (Fsp3) is 0.812. The average molecular weight is 327 g/mol. The number of rotatable bonds is 5. The van der Waals surface area contributed by atoms with E-state index in [-0.39, 0.29) is 19.0 Å². The largest absolute Gasteiger partial charge is 0.444 e. The van der Waals surface area contributed by atoms with Crippen LogP contribution in [0.25, 0.3) is 0 Å². The third-order valence-electron chi connectivity index (χ3n) is 3.68. The minimum absolute atomic E-state index is 0.0364. The van der Waals surface area contributed by atoms with Crippen LogP contribution in [0.4, 0.5) is 4.79 Å². The Labute approximate surface area is 138 Å². The Hall–Kier alpha value is -1.79. The highest BCUT2D eigenvalue weighted by Gasteiger charge is 2.22. The lowest BCUT2D eigenvalue weighted by Crippen LogP contribution is -2.46. The molecule has 2 N–H and O–H groups in total. The molecule has 0 spiro atoms. The van der Waals surface area contributed by atoms with Gasteiger partial charge in [0.15, 0.2) is 0 Å². The van der Waals surface area contributed by atoms with E-state index in [1.54, 1.807) is 25.7 Å². The smallest absolute Gasteiger partial charge is 0.408 e. The van der Waals surface area contributed by atoms with Crippen LogP contribution in [-0.4, -0.2) is 54.6 Å². The number of carbonyl (C=O) groups excluding carboxylic acids is 3. The maximum absolute atomic E-state index is 12.1. The van der Waals surface area contributed by atoms with Gasteiger partial charge in [0.1, 0.15) is 12.1 Å². The number of ether oxygens (including phenoxy) is 1. The van der Waals surface area contributed by atoms with Crippen LogP contribution in [0.3, 0.4) is 0 Å². The van der Waals surface area contributed by atoms with Crippen molar-refractivity contribution in [1.29, 1.82) is 0 Å². The van der Waals surface area contributed by atoms with Gasteiger partial charge in [-0.05, 0) is 39.5 Å². The molecule has 0 aliphatic carbocycles. The molecule has 1 atom stereocenters. The first-order chi connectivity index (χ1) is 10.7. The van der Waals surface area contributed by atoms with Crippen LogP contribution in [0.2, 0.25) is 0 Å². The molecule has 0 radical (unpaired) electrons. The molecule has 0 unspecified atom stereocenters. The molecule has 0 aromatic heterocycles. The van der Waals surface area contributed by atoms with Crippen LogP contribution < -0.4 is 10.6 Å². The summed E-state index contributed by atoms with van der Waals surface area (Å²) in [5.74, 6) is 0.0688. The number of hydrogen-bond donors (Lipinski definition) is 2. The molecule has 1 heterocycles. The van der Waals surface area contributed by atoms with Gasteiger partial charge in [0, 0.05) is 13.1 Å². The second-order valence-corrected chi connectivity index (χ2v) is 6.89. The first-order valence-corrected chi connectivity index (χ1v) is 8.22. The van der Waals surface area contributed by atoms with Crippen LogP contribution in [0.15, 0.2) is 0 Å². The molecule has 7 nitrogen and oxygen atoms in total. The minimum atomic E-state index is -0.652. The van der Waals surface area contributed by atoms with E-state index in [0.29, 0.717) is 5.92 Å². The quantitative estimate of drug-likeness (QED) is 0.796. The highest BCUT2D eigenvalue weighted by Crippen LogP contribution is 2.18. The molecular weight excluding hydrogens is 298 g/mol. The average Bonchev–Trinajstić information content (AvgIpc) is 2.49. The summed E-state index contributed by atoms with van der Waals surface area (Å²) < 4.78 is 5.03. The van der Waals surface area contributed by atoms with E-state index in [9.17, 15) is 14.4 Å². The summed E-state index contributed by atoms with van der Waals surface area (Å²) in [7, 11) is 0. The molecule has 1 saturated heterocycles. The summed E-state index contributed by atoms with van der Waals surface area (Å²) in [5, 5.41) is 4.89. The van der Waals surface area contributed by atoms with Crippen molar-refractivity contribution in [3.8, 4) is 0 Å². The van der Waals surface area contributed by atoms with Gasteiger partial charge in [0.05, 0.1) is 6.54 Å². The first-order valence-electron chi connectivity index (χ1n) is 8.22. The molecule has 0 aromatic rings. The van der Waals surface area contributed by atoms with Crippen molar-refractivity contribution in [2.45, 2.75) is 52.6 Å². The summed E-state index contributed by atoms with van der Waals surface area (Å²) in [6.45, 7) is 8.63. The van der Waals surface area contributed by atoms with Gasteiger partial charge in [0.25, 0.3) is 0 Å². The molecule has 132 valence electrons. The van der Waals surface area contributed by atoms with E-state index in [4.69, 9.17) is 4.74 Å². The number of nitrogens with one attached hydrogen (secondary N) is 2. The molecule has 1 aliphatic rings. The second kappa shape index (κ2) is 8.74. The fourth-order valence-corrected chi connectivity index (χ4v) is 2.44. The summed E-state index contributed by atoms with van der Waals surface area (Å²) in [5.41, 5.74) is -0.611. The second-order valence-electron chi connectivity index (χ2n) is 6.89. The van der Waals surface area contributed by atoms with Crippen LogP contribution >= 0.6 is 0 Å². The SMILES string of the molecule is CC[C@@H]1CCCN(C(=O)CNC(=O)CNC(=O)OC(C)(C)C)C1. The number of nitrogens with zero attached hydrogens (tertiary/aromatic N) is 1. The summed E-state index contributed by atoms with van der Waals surface area (Å²) in [4.78, 5) is 37.0. The van der Waals surface area contributed by atoms with Gasteiger partial charge in [0.2, 0.25) is 11.8 Å². The number of carbonyl (C=O) groups is 3. The zero-order chi connectivity index (χ0) is 17.5. The topological polar surface area (TPSA) is 87.7 Å². The van der Waals surface area contributed by atoms with Crippen molar-refractivity contribution in [3.05, 3.63) is 0 Å². The molecule has 23 heavy (non-hydrogen) atoms. The molecule has 1 aliphatic heterocycles. The molecule has 0 bridgehead atoms. The van der Waals surface area contributed by atoms with Gasteiger partial charge in [-0.2, -0.15) is 0 Å². The Morgan fingerprint density at radius 3 is 2.48 bits per heavy atom. The molecule has 1 rings (SSSR count). The first kappa shape index (κ1) is 19.3. The lowest BCUT2D eigenvalue weighted by molar-refractivity contribution is -0.134. The lowest BCUT2D eigenvalue weighted by Gasteiger charge is -2.32. The van der Waals surface area contributed by atoms with Gasteiger partial charge in [-0.25, -0.2) is 4.79 Å². The van der Waals surface area contributed by atoms with E-state index in [2.05, 4.69) is 17.6 Å². The Balaban J connectivity index is 2.25. The van der Waals surface area contributed by atoms with Crippen molar-refractivity contribution >= 4 is 17.9 Å². The monoisotopic (exact) mass is 327 g/mol. The Morgan fingerprint density at radius 2 is 1.87 bits per heavy atom. The predicted octanol–water partition coefficient (Wildman–Crippen LogP) is 1.28. The molecular formula is C16H29N3O4. The maximum atomic E-state index is 12.1. The lowest BCUT2D eigenvalue weighted by atomic mass is 9.96. The predicted molar refractivity (Wildman–Crippen MR) is 86.8 cm³/mol. The van der Waals surface area contributed by atoms with Crippen LogP contribution in [0.1, 0.15) is 47.0 Å². The van der Waals surface area contributed by atoms with Crippen molar-refractivity contribution < 1.29 is 19.1 Å². The van der Waals surface area contributed by atoms with Gasteiger partial charge >= 0.3 is 6.09 Å². The van der Waals surface area contributed by atoms with Crippen molar-refractivity contribution in [1.82, 2.24) is 15.5 Å². The Morgan fingerprint density at radius 1 is 1.17 bits per heavy atom. The van der Waals surface area contributed by atoms with Crippen LogP contribution in [-0.2, 0) is 14.3 Å². The van der Waals surface area contributed by atoms with Crippen LogP contribution in [0.5, 0.6) is 0 Å².